The number of nitrogens with zero attached hydrogens (tertiary/aromatic N) is 3. The van der Waals surface area contributed by atoms with Crippen molar-refractivity contribution in [3.63, 3.8) is 0 Å². The number of nitrogens with one attached hydrogen (secondary N) is 1. The number of hydrogen-bond acceptors (Lipinski definition) is 4. The van der Waals surface area contributed by atoms with E-state index >= 15 is 0 Å². The lowest BCUT2D eigenvalue weighted by molar-refractivity contribution is -0.152. The maximum absolute atomic E-state index is 12.5. The van der Waals surface area contributed by atoms with Crippen molar-refractivity contribution in [2.24, 2.45) is 5.92 Å². The number of carbonyl (C=O) groups is 2. The average Bonchev–Trinajstić information content (AvgIpc) is 2.99. The monoisotopic (exact) mass is 336 g/mol. The van der Waals surface area contributed by atoms with Gasteiger partial charge in [-0.3, -0.25) is 4.68 Å². The van der Waals surface area contributed by atoms with E-state index in [1.165, 1.54) is 4.68 Å². The van der Waals surface area contributed by atoms with Gasteiger partial charge in [0.2, 0.25) is 0 Å². The third-order valence-corrected chi connectivity index (χ3v) is 4.82. The van der Waals surface area contributed by atoms with Gasteiger partial charge in [0.1, 0.15) is 0 Å². The summed E-state index contributed by atoms with van der Waals surface area (Å²) in [5, 5.41) is 7.08. The number of hydrogen-bond donors (Lipinski definition) is 1. The molecular weight excluding hydrogens is 308 g/mol. The van der Waals surface area contributed by atoms with Crippen molar-refractivity contribution < 1.29 is 14.3 Å². The molecule has 1 N–H and O–H groups in total. The molecule has 2 atom stereocenters. The number of likely N-dealkylation sites (tertiary alicyclic amines) is 1. The predicted molar refractivity (Wildman–Crippen MR) is 91.8 cm³/mol. The molecule has 7 nitrogen and oxygen atoms in total. The Morgan fingerprint density at radius 1 is 1.42 bits per heavy atom. The number of esters is 1. The van der Waals surface area contributed by atoms with Crippen LogP contribution in [-0.2, 0) is 15.1 Å². The summed E-state index contributed by atoms with van der Waals surface area (Å²) in [6.45, 7) is 10.6. The third kappa shape index (κ3) is 3.71. The summed E-state index contributed by atoms with van der Waals surface area (Å²) < 4.78 is 6.59. The zero-order chi connectivity index (χ0) is 17.9. The Morgan fingerprint density at radius 2 is 2.12 bits per heavy atom. The zero-order valence-electron chi connectivity index (χ0n) is 15.2. The second-order valence-corrected chi connectivity index (χ2v) is 6.94. The smallest absolute Gasteiger partial charge is 0.333 e. The fourth-order valence-electron chi connectivity index (χ4n) is 2.91. The quantitative estimate of drug-likeness (QED) is 0.858. The van der Waals surface area contributed by atoms with Crippen molar-refractivity contribution >= 4 is 17.7 Å². The molecule has 2 heterocycles. The second-order valence-electron chi connectivity index (χ2n) is 6.94. The average molecular weight is 336 g/mol. The minimum Gasteiger partial charge on any atom is -0.464 e. The topological polar surface area (TPSA) is 76.5 Å². The van der Waals surface area contributed by atoms with Crippen molar-refractivity contribution in [2.75, 3.05) is 18.5 Å². The van der Waals surface area contributed by atoms with Crippen LogP contribution < -0.4 is 5.32 Å². The SMILES string of the molecule is CCOC(=O)C(C)(C)n1cc(NC(=O)N2CCC[C@H](C)[C@@H]2C)cn1. The molecule has 2 amide bonds. The number of aromatic nitrogens is 2. The summed E-state index contributed by atoms with van der Waals surface area (Å²) in [5.41, 5.74) is -0.353. The molecule has 0 aromatic carbocycles. The Bertz CT molecular complexity index is 596. The Morgan fingerprint density at radius 3 is 2.79 bits per heavy atom. The van der Waals surface area contributed by atoms with E-state index in [0.717, 1.165) is 19.4 Å². The van der Waals surface area contributed by atoms with Crippen LogP contribution in [0.15, 0.2) is 12.4 Å². The van der Waals surface area contributed by atoms with E-state index in [4.69, 9.17) is 4.74 Å². The number of urea groups is 1. The molecule has 2 rings (SSSR count). The molecule has 0 bridgehead atoms. The van der Waals surface area contributed by atoms with Gasteiger partial charge in [-0.05, 0) is 46.5 Å². The van der Waals surface area contributed by atoms with Crippen molar-refractivity contribution in [3.8, 4) is 0 Å². The highest BCUT2D eigenvalue weighted by molar-refractivity contribution is 5.89. The lowest BCUT2D eigenvalue weighted by Gasteiger charge is -2.37. The van der Waals surface area contributed by atoms with Gasteiger partial charge in [0.05, 0.1) is 18.5 Å². The molecule has 0 saturated carbocycles. The highest BCUT2D eigenvalue weighted by Crippen LogP contribution is 2.24. The Kier molecular flexibility index (Phi) is 5.51. The molecule has 1 aliphatic heterocycles. The first-order chi connectivity index (χ1) is 11.3. The van der Waals surface area contributed by atoms with Crippen LogP contribution in [0, 0.1) is 5.92 Å². The summed E-state index contributed by atoms with van der Waals surface area (Å²) in [7, 11) is 0. The van der Waals surface area contributed by atoms with Crippen LogP contribution in [0.25, 0.3) is 0 Å². The zero-order valence-corrected chi connectivity index (χ0v) is 15.2. The van der Waals surface area contributed by atoms with E-state index in [2.05, 4.69) is 24.3 Å². The van der Waals surface area contributed by atoms with Gasteiger partial charge in [0.15, 0.2) is 5.54 Å². The predicted octanol–water partition coefficient (Wildman–Crippen LogP) is 2.83. The van der Waals surface area contributed by atoms with Crippen molar-refractivity contribution in [1.82, 2.24) is 14.7 Å². The number of carbonyl (C=O) groups excluding carboxylic acids is 2. The molecule has 7 heteroatoms. The van der Waals surface area contributed by atoms with E-state index in [9.17, 15) is 9.59 Å². The summed E-state index contributed by atoms with van der Waals surface area (Å²) >= 11 is 0. The van der Waals surface area contributed by atoms with E-state index in [-0.39, 0.29) is 18.0 Å². The van der Waals surface area contributed by atoms with Crippen molar-refractivity contribution in [2.45, 2.75) is 59.0 Å². The number of anilines is 1. The highest BCUT2D eigenvalue weighted by atomic mass is 16.5. The maximum Gasteiger partial charge on any atom is 0.333 e. The first kappa shape index (κ1) is 18.3. The van der Waals surface area contributed by atoms with Crippen LogP contribution in [0.2, 0.25) is 0 Å². The highest BCUT2D eigenvalue weighted by Gasteiger charge is 2.33. The van der Waals surface area contributed by atoms with Gasteiger partial charge in [-0.15, -0.1) is 0 Å². The summed E-state index contributed by atoms with van der Waals surface area (Å²) in [5.74, 6) is 0.138. The molecule has 1 saturated heterocycles. The number of ether oxygens (including phenoxy) is 1. The lowest BCUT2D eigenvalue weighted by Crippen LogP contribution is -2.47. The van der Waals surface area contributed by atoms with Gasteiger partial charge in [-0.2, -0.15) is 5.10 Å². The van der Waals surface area contributed by atoms with E-state index < -0.39 is 5.54 Å². The molecule has 1 aromatic rings. The van der Waals surface area contributed by atoms with Gasteiger partial charge in [0, 0.05) is 18.8 Å². The van der Waals surface area contributed by atoms with Crippen molar-refractivity contribution in [1.29, 1.82) is 0 Å². The number of amides is 2. The fraction of sp³-hybridized carbons (Fsp3) is 0.706. The molecule has 0 aliphatic carbocycles. The molecule has 1 aliphatic rings. The second kappa shape index (κ2) is 7.23. The summed E-state index contributed by atoms with van der Waals surface area (Å²) in [6.07, 6.45) is 5.38. The molecule has 134 valence electrons. The van der Waals surface area contributed by atoms with E-state index in [1.54, 1.807) is 33.2 Å². The fourth-order valence-corrected chi connectivity index (χ4v) is 2.91. The first-order valence-corrected chi connectivity index (χ1v) is 8.57. The van der Waals surface area contributed by atoms with Crippen LogP contribution in [0.3, 0.4) is 0 Å². The number of rotatable bonds is 4. The first-order valence-electron chi connectivity index (χ1n) is 8.57. The van der Waals surface area contributed by atoms with Gasteiger partial charge in [-0.1, -0.05) is 6.92 Å². The Hall–Kier alpha value is -2.05. The largest absolute Gasteiger partial charge is 0.464 e. The molecule has 0 radical (unpaired) electrons. The van der Waals surface area contributed by atoms with E-state index in [0.29, 0.717) is 18.2 Å². The molecule has 0 unspecified atom stereocenters. The molecule has 0 spiro atoms. The minimum atomic E-state index is -0.925. The Labute approximate surface area is 143 Å². The van der Waals surface area contributed by atoms with Crippen LogP contribution >= 0.6 is 0 Å². The molecule has 1 fully saturated rings. The minimum absolute atomic E-state index is 0.123. The third-order valence-electron chi connectivity index (χ3n) is 4.82. The number of piperidine rings is 1. The summed E-state index contributed by atoms with van der Waals surface area (Å²) in [4.78, 5) is 26.4. The van der Waals surface area contributed by atoms with E-state index in [1.807, 2.05) is 4.90 Å². The normalized spacial score (nSPS) is 21.5. The van der Waals surface area contributed by atoms with Gasteiger partial charge in [0.25, 0.3) is 0 Å². The van der Waals surface area contributed by atoms with Gasteiger partial charge in [-0.25, -0.2) is 9.59 Å². The molecule has 1 aromatic heterocycles. The standard InChI is InChI=1S/C17H28N4O3/c1-6-24-15(22)17(4,5)21-11-14(10-18-21)19-16(23)20-9-7-8-12(2)13(20)3/h10-13H,6-9H2,1-5H3,(H,19,23)/t12-,13-/m0/s1. The van der Waals surface area contributed by atoms with Gasteiger partial charge < -0.3 is 15.0 Å². The van der Waals surface area contributed by atoms with Crippen LogP contribution in [0.5, 0.6) is 0 Å². The van der Waals surface area contributed by atoms with Crippen LogP contribution in [0.4, 0.5) is 10.5 Å². The molecule has 24 heavy (non-hydrogen) atoms. The maximum atomic E-state index is 12.5. The molecular formula is C17H28N4O3. The van der Waals surface area contributed by atoms with Crippen molar-refractivity contribution in [3.05, 3.63) is 12.4 Å². The van der Waals surface area contributed by atoms with Crippen LogP contribution in [0.1, 0.15) is 47.5 Å². The Balaban J connectivity index is 2.05. The van der Waals surface area contributed by atoms with Gasteiger partial charge >= 0.3 is 12.0 Å². The van der Waals surface area contributed by atoms with Crippen LogP contribution in [-0.4, -0.2) is 45.9 Å². The summed E-state index contributed by atoms with van der Waals surface area (Å²) in [6, 6.07) is 0.0901. The lowest BCUT2D eigenvalue weighted by atomic mass is 9.92.